The van der Waals surface area contributed by atoms with Crippen LogP contribution in [0.3, 0.4) is 0 Å². The zero-order chi connectivity index (χ0) is 15.9. The van der Waals surface area contributed by atoms with Crippen molar-refractivity contribution >= 4 is 11.6 Å². The van der Waals surface area contributed by atoms with Crippen molar-refractivity contribution < 1.29 is 19.2 Å². The molecule has 3 rings (SSSR count). The molecule has 0 spiro atoms. The maximum atomic E-state index is 12.6. The molecule has 6 heteroatoms. The van der Waals surface area contributed by atoms with Crippen molar-refractivity contribution in [1.29, 1.82) is 0 Å². The molecule has 0 unspecified atom stereocenters. The maximum absolute atomic E-state index is 12.6. The lowest BCUT2D eigenvalue weighted by atomic mass is 9.71. The standard InChI is InChI=1S/C16H15NO5/c1-2-22-14-8-12-11(7-13(14)17(20)21)15(18)9-5-3-4-6-10(9)16(12)19/h3-7,12-14H,2,8H2,1H3/t12-,13-,14+/m1/s1. The van der Waals surface area contributed by atoms with Crippen molar-refractivity contribution in [2.75, 3.05) is 6.61 Å². The van der Waals surface area contributed by atoms with E-state index < -0.39 is 23.0 Å². The Morgan fingerprint density at radius 1 is 1.27 bits per heavy atom. The number of rotatable bonds is 3. The van der Waals surface area contributed by atoms with Gasteiger partial charge in [0.1, 0.15) is 6.10 Å². The molecule has 0 bridgehead atoms. The molecule has 1 aromatic carbocycles. The van der Waals surface area contributed by atoms with E-state index in [0.717, 1.165) is 0 Å². The van der Waals surface area contributed by atoms with Gasteiger partial charge in [-0.1, -0.05) is 24.3 Å². The van der Waals surface area contributed by atoms with E-state index in [1.807, 2.05) is 0 Å². The first-order chi connectivity index (χ1) is 10.5. The minimum Gasteiger partial charge on any atom is -0.371 e. The first-order valence-corrected chi connectivity index (χ1v) is 7.19. The van der Waals surface area contributed by atoms with Crippen LogP contribution in [-0.4, -0.2) is 35.2 Å². The fourth-order valence-corrected chi connectivity index (χ4v) is 3.20. The number of ether oxygens (including phenoxy) is 1. The average molecular weight is 301 g/mol. The molecule has 0 N–H and O–H groups in total. The van der Waals surface area contributed by atoms with Gasteiger partial charge in [0.2, 0.25) is 0 Å². The summed E-state index contributed by atoms with van der Waals surface area (Å²) in [5, 5.41) is 11.2. The van der Waals surface area contributed by atoms with Gasteiger partial charge >= 0.3 is 0 Å². The summed E-state index contributed by atoms with van der Waals surface area (Å²) >= 11 is 0. The van der Waals surface area contributed by atoms with E-state index in [4.69, 9.17) is 4.74 Å². The number of ketones is 2. The highest BCUT2D eigenvalue weighted by Crippen LogP contribution is 2.37. The number of hydrogen-bond acceptors (Lipinski definition) is 5. The third kappa shape index (κ3) is 2.16. The Bertz CT molecular complexity index is 694. The van der Waals surface area contributed by atoms with E-state index in [0.29, 0.717) is 17.7 Å². The highest BCUT2D eigenvalue weighted by atomic mass is 16.6. The van der Waals surface area contributed by atoms with E-state index in [-0.39, 0.29) is 23.6 Å². The van der Waals surface area contributed by atoms with Crippen LogP contribution in [0.25, 0.3) is 0 Å². The second-order valence-corrected chi connectivity index (χ2v) is 5.42. The molecule has 0 amide bonds. The first kappa shape index (κ1) is 14.6. The van der Waals surface area contributed by atoms with Crippen LogP contribution in [0.2, 0.25) is 0 Å². The summed E-state index contributed by atoms with van der Waals surface area (Å²) in [5.41, 5.74) is 0.956. The summed E-state index contributed by atoms with van der Waals surface area (Å²) in [4.78, 5) is 35.9. The van der Waals surface area contributed by atoms with Crippen molar-refractivity contribution in [3.8, 4) is 0 Å². The van der Waals surface area contributed by atoms with Crippen LogP contribution < -0.4 is 0 Å². The van der Waals surface area contributed by atoms with E-state index in [1.165, 1.54) is 6.08 Å². The van der Waals surface area contributed by atoms with E-state index in [2.05, 4.69) is 0 Å². The van der Waals surface area contributed by atoms with E-state index in [9.17, 15) is 19.7 Å². The molecule has 2 aliphatic rings. The normalized spacial score (nSPS) is 27.0. The Labute approximate surface area is 126 Å². The summed E-state index contributed by atoms with van der Waals surface area (Å²) in [5.74, 6) is -1.09. The van der Waals surface area contributed by atoms with Crippen molar-refractivity contribution in [3.05, 3.63) is 57.2 Å². The van der Waals surface area contributed by atoms with Gasteiger partial charge in [0, 0.05) is 28.2 Å². The van der Waals surface area contributed by atoms with Crippen molar-refractivity contribution in [1.82, 2.24) is 0 Å². The Morgan fingerprint density at radius 2 is 1.95 bits per heavy atom. The monoisotopic (exact) mass is 301 g/mol. The lowest BCUT2D eigenvalue weighted by molar-refractivity contribution is -0.523. The van der Waals surface area contributed by atoms with Crippen LogP contribution in [0.5, 0.6) is 0 Å². The molecule has 22 heavy (non-hydrogen) atoms. The van der Waals surface area contributed by atoms with Gasteiger partial charge in [0.25, 0.3) is 6.04 Å². The van der Waals surface area contributed by atoms with Crippen molar-refractivity contribution in [3.63, 3.8) is 0 Å². The van der Waals surface area contributed by atoms with Gasteiger partial charge < -0.3 is 4.74 Å². The third-order valence-electron chi connectivity index (χ3n) is 4.21. The van der Waals surface area contributed by atoms with E-state index >= 15 is 0 Å². The summed E-state index contributed by atoms with van der Waals surface area (Å²) in [6.07, 6.45) is 0.797. The smallest absolute Gasteiger partial charge is 0.257 e. The van der Waals surface area contributed by atoms with Gasteiger partial charge in [0.05, 0.1) is 5.92 Å². The predicted octanol–water partition coefficient (Wildman–Crippen LogP) is 2.06. The maximum Gasteiger partial charge on any atom is 0.257 e. The van der Waals surface area contributed by atoms with Gasteiger partial charge in [-0.3, -0.25) is 19.7 Å². The molecule has 0 fully saturated rings. The molecule has 6 nitrogen and oxygen atoms in total. The summed E-state index contributed by atoms with van der Waals surface area (Å²) in [7, 11) is 0. The molecule has 0 radical (unpaired) electrons. The average Bonchev–Trinajstić information content (AvgIpc) is 2.52. The minimum absolute atomic E-state index is 0.159. The molecule has 0 saturated carbocycles. The number of fused-ring (bicyclic) bond motifs is 2. The minimum atomic E-state index is -1.09. The van der Waals surface area contributed by atoms with Gasteiger partial charge in [-0.15, -0.1) is 0 Å². The summed E-state index contributed by atoms with van der Waals surface area (Å²) < 4.78 is 5.43. The second kappa shape index (κ2) is 5.46. The predicted molar refractivity (Wildman–Crippen MR) is 77.5 cm³/mol. The summed E-state index contributed by atoms with van der Waals surface area (Å²) in [6.45, 7) is 2.07. The molecule has 1 aromatic rings. The SMILES string of the molecule is CCO[C@H]1C[C@H]2C(=O)c3ccccc3C(=O)C2=C[C@H]1[N+](=O)[O-]. The number of carbonyl (C=O) groups is 2. The van der Waals surface area contributed by atoms with Gasteiger partial charge in [-0.2, -0.15) is 0 Å². The van der Waals surface area contributed by atoms with Crippen LogP contribution in [0.15, 0.2) is 35.9 Å². The molecule has 0 aromatic heterocycles. The number of hydrogen-bond donors (Lipinski definition) is 0. The molecule has 3 atom stereocenters. The number of nitrogens with zero attached hydrogens (tertiary/aromatic N) is 1. The number of nitro groups is 1. The zero-order valence-electron chi connectivity index (χ0n) is 12.0. The van der Waals surface area contributed by atoms with Gasteiger partial charge in [-0.05, 0) is 19.4 Å². The molecule has 2 aliphatic carbocycles. The Hall–Kier alpha value is -2.34. The van der Waals surface area contributed by atoms with Crippen LogP contribution in [0, 0.1) is 16.0 Å². The van der Waals surface area contributed by atoms with Crippen LogP contribution in [0.4, 0.5) is 0 Å². The fourth-order valence-electron chi connectivity index (χ4n) is 3.20. The van der Waals surface area contributed by atoms with E-state index in [1.54, 1.807) is 31.2 Å². The number of benzene rings is 1. The molecule has 0 saturated heterocycles. The van der Waals surface area contributed by atoms with Gasteiger partial charge in [0.15, 0.2) is 11.6 Å². The highest BCUT2D eigenvalue weighted by Gasteiger charge is 2.46. The molecule has 114 valence electrons. The number of allylic oxidation sites excluding steroid dienone is 1. The van der Waals surface area contributed by atoms with Crippen LogP contribution in [-0.2, 0) is 4.74 Å². The molecule has 0 heterocycles. The fraction of sp³-hybridized carbons (Fsp3) is 0.375. The lowest BCUT2D eigenvalue weighted by Gasteiger charge is -2.33. The molecular weight excluding hydrogens is 286 g/mol. The molecule has 0 aliphatic heterocycles. The Morgan fingerprint density at radius 3 is 2.59 bits per heavy atom. The second-order valence-electron chi connectivity index (χ2n) is 5.42. The van der Waals surface area contributed by atoms with Crippen LogP contribution >= 0.6 is 0 Å². The van der Waals surface area contributed by atoms with Crippen molar-refractivity contribution in [2.24, 2.45) is 5.92 Å². The number of carbonyl (C=O) groups excluding carboxylic acids is 2. The quantitative estimate of drug-likeness (QED) is 0.630. The summed E-state index contributed by atoms with van der Waals surface area (Å²) in [6, 6.07) is 5.51. The zero-order valence-corrected chi connectivity index (χ0v) is 12.0. The molecular formula is C16H15NO5. The number of Topliss-reactive ketones (excluding diaryl/α,β-unsaturated/α-hetero) is 2. The Kier molecular flexibility index (Phi) is 3.62. The van der Waals surface area contributed by atoms with Crippen LogP contribution in [0.1, 0.15) is 34.1 Å². The topological polar surface area (TPSA) is 86.5 Å². The largest absolute Gasteiger partial charge is 0.371 e. The lowest BCUT2D eigenvalue weighted by Crippen LogP contribution is -2.44. The third-order valence-corrected chi connectivity index (χ3v) is 4.21. The Balaban J connectivity index is 2.09. The first-order valence-electron chi connectivity index (χ1n) is 7.19. The van der Waals surface area contributed by atoms with Crippen molar-refractivity contribution in [2.45, 2.75) is 25.5 Å². The van der Waals surface area contributed by atoms with Gasteiger partial charge in [-0.25, -0.2) is 0 Å². The highest BCUT2D eigenvalue weighted by molar-refractivity contribution is 6.23.